The molecule has 0 atom stereocenters. The molecule has 2 aromatic carbocycles. The monoisotopic (exact) mass is 408 g/mol. The Morgan fingerprint density at radius 1 is 1.17 bits per heavy atom. The Morgan fingerprint density at radius 3 is 2.50 bits per heavy atom. The predicted molar refractivity (Wildman–Crippen MR) is 114 cm³/mol. The predicted octanol–water partition coefficient (Wildman–Crippen LogP) is 3.58. The molecule has 0 fully saturated rings. The highest BCUT2D eigenvalue weighted by Crippen LogP contribution is 2.25. The molecule has 1 heterocycles. The topological polar surface area (TPSA) is 67.2 Å². The van der Waals surface area contributed by atoms with Gasteiger partial charge in [-0.15, -0.1) is 0 Å². The van der Waals surface area contributed by atoms with E-state index in [0.29, 0.717) is 16.9 Å². The number of amides is 2. The molecule has 1 aromatic heterocycles. The summed E-state index contributed by atoms with van der Waals surface area (Å²) in [6.45, 7) is 5.63. The molecule has 0 saturated carbocycles. The highest BCUT2D eigenvalue weighted by Gasteiger charge is 2.23. The van der Waals surface area contributed by atoms with Crippen molar-refractivity contribution in [1.82, 2.24) is 20.0 Å². The van der Waals surface area contributed by atoms with Crippen molar-refractivity contribution in [2.45, 2.75) is 26.8 Å². The zero-order valence-electron chi connectivity index (χ0n) is 17.5. The van der Waals surface area contributed by atoms with Gasteiger partial charge in [0.25, 0.3) is 5.91 Å². The molecule has 0 saturated heterocycles. The quantitative estimate of drug-likeness (QED) is 0.678. The lowest BCUT2D eigenvalue weighted by molar-refractivity contribution is -0.122. The minimum Gasteiger partial charge on any atom is -0.352 e. The highest BCUT2D eigenvalue weighted by molar-refractivity contribution is 6.01. The molecule has 30 heavy (non-hydrogen) atoms. The molecule has 0 aliphatic rings. The van der Waals surface area contributed by atoms with Gasteiger partial charge in [-0.25, -0.2) is 9.07 Å². The number of carbonyl (C=O) groups is 2. The first-order valence-electron chi connectivity index (χ1n) is 9.72. The van der Waals surface area contributed by atoms with Crippen LogP contribution in [0.2, 0.25) is 0 Å². The van der Waals surface area contributed by atoms with E-state index in [4.69, 9.17) is 0 Å². The van der Waals surface area contributed by atoms with Crippen LogP contribution in [0.3, 0.4) is 0 Å². The molecule has 6 nitrogen and oxygen atoms in total. The largest absolute Gasteiger partial charge is 0.352 e. The van der Waals surface area contributed by atoms with Crippen molar-refractivity contribution in [2.24, 2.45) is 0 Å². The minimum absolute atomic E-state index is 0.00918. The Bertz CT molecular complexity index is 1060. The first-order valence-corrected chi connectivity index (χ1v) is 9.72. The Balaban J connectivity index is 1.99. The van der Waals surface area contributed by atoms with E-state index in [-0.39, 0.29) is 30.2 Å². The maximum absolute atomic E-state index is 13.3. The van der Waals surface area contributed by atoms with Crippen molar-refractivity contribution in [1.29, 1.82) is 0 Å². The van der Waals surface area contributed by atoms with Crippen LogP contribution in [0.5, 0.6) is 0 Å². The van der Waals surface area contributed by atoms with E-state index in [1.54, 1.807) is 30.1 Å². The first kappa shape index (κ1) is 21.2. The molecule has 0 aliphatic heterocycles. The van der Waals surface area contributed by atoms with E-state index in [1.807, 2.05) is 45.0 Å². The van der Waals surface area contributed by atoms with Gasteiger partial charge in [0.15, 0.2) is 0 Å². The third kappa shape index (κ3) is 4.92. The van der Waals surface area contributed by atoms with Crippen LogP contribution in [0.25, 0.3) is 16.9 Å². The Morgan fingerprint density at radius 2 is 1.87 bits per heavy atom. The number of nitrogens with one attached hydrogen (secondary N) is 1. The number of aromatic nitrogens is 2. The van der Waals surface area contributed by atoms with Crippen molar-refractivity contribution in [2.75, 3.05) is 13.6 Å². The molecule has 0 spiro atoms. The van der Waals surface area contributed by atoms with Crippen LogP contribution in [0.15, 0.2) is 54.7 Å². The van der Waals surface area contributed by atoms with Crippen LogP contribution in [0.1, 0.15) is 29.8 Å². The minimum atomic E-state index is -0.350. The lowest BCUT2D eigenvalue weighted by atomic mass is 10.1. The van der Waals surface area contributed by atoms with Gasteiger partial charge in [-0.3, -0.25) is 9.59 Å². The fraction of sp³-hybridized carbons (Fsp3) is 0.261. The molecule has 1 N–H and O–H groups in total. The Hall–Kier alpha value is -3.48. The van der Waals surface area contributed by atoms with Gasteiger partial charge < -0.3 is 10.2 Å². The summed E-state index contributed by atoms with van der Waals surface area (Å²) in [4.78, 5) is 26.6. The first-order chi connectivity index (χ1) is 14.2. The molecule has 7 heteroatoms. The third-order valence-corrected chi connectivity index (χ3v) is 4.50. The van der Waals surface area contributed by atoms with Gasteiger partial charge >= 0.3 is 0 Å². The van der Waals surface area contributed by atoms with Crippen molar-refractivity contribution >= 4 is 11.8 Å². The number of nitrogens with zero attached hydrogens (tertiary/aromatic N) is 3. The number of benzene rings is 2. The van der Waals surface area contributed by atoms with Crippen LogP contribution in [0, 0.1) is 12.7 Å². The highest BCUT2D eigenvalue weighted by atomic mass is 19.1. The number of likely N-dealkylation sites (N-methyl/N-ethyl adjacent to an activating group) is 1. The summed E-state index contributed by atoms with van der Waals surface area (Å²) in [5.41, 5.74) is 3.32. The van der Waals surface area contributed by atoms with Gasteiger partial charge in [0.05, 0.1) is 17.8 Å². The summed E-state index contributed by atoms with van der Waals surface area (Å²) < 4.78 is 14.9. The molecular formula is C23H25FN4O2. The number of halogens is 1. The second kappa shape index (κ2) is 8.90. The van der Waals surface area contributed by atoms with Crippen LogP contribution in [0.4, 0.5) is 4.39 Å². The Kier molecular flexibility index (Phi) is 6.30. The molecule has 0 bridgehead atoms. The smallest absolute Gasteiger partial charge is 0.257 e. The summed E-state index contributed by atoms with van der Waals surface area (Å²) in [6, 6.07) is 13.5. The van der Waals surface area contributed by atoms with Gasteiger partial charge in [0.1, 0.15) is 11.5 Å². The molecular weight excluding hydrogens is 383 g/mol. The molecule has 0 aliphatic carbocycles. The molecule has 2 amide bonds. The van der Waals surface area contributed by atoms with Crippen molar-refractivity contribution < 1.29 is 14.0 Å². The van der Waals surface area contributed by atoms with Gasteiger partial charge in [-0.1, -0.05) is 23.8 Å². The Labute approximate surface area is 175 Å². The van der Waals surface area contributed by atoms with E-state index in [9.17, 15) is 14.0 Å². The lowest BCUT2D eigenvalue weighted by Crippen LogP contribution is -2.40. The molecule has 156 valence electrons. The maximum atomic E-state index is 13.3. The number of hydrogen-bond donors (Lipinski definition) is 1. The number of aryl methyl sites for hydroxylation is 1. The summed E-state index contributed by atoms with van der Waals surface area (Å²) in [6.07, 6.45) is 1.62. The number of carbonyl (C=O) groups excluding carboxylic acids is 2. The second-order valence-electron chi connectivity index (χ2n) is 7.57. The van der Waals surface area contributed by atoms with Crippen LogP contribution in [-0.4, -0.2) is 46.1 Å². The zero-order valence-corrected chi connectivity index (χ0v) is 17.5. The van der Waals surface area contributed by atoms with E-state index in [0.717, 1.165) is 11.1 Å². The van der Waals surface area contributed by atoms with Gasteiger partial charge in [-0.05, 0) is 51.1 Å². The average Bonchev–Trinajstić information content (AvgIpc) is 3.12. The number of hydrogen-bond acceptors (Lipinski definition) is 3. The van der Waals surface area contributed by atoms with Crippen LogP contribution < -0.4 is 5.32 Å². The van der Waals surface area contributed by atoms with Crippen LogP contribution in [-0.2, 0) is 4.79 Å². The van der Waals surface area contributed by atoms with E-state index < -0.39 is 0 Å². The van der Waals surface area contributed by atoms with Crippen molar-refractivity contribution in [3.63, 3.8) is 0 Å². The van der Waals surface area contributed by atoms with Crippen molar-refractivity contribution in [3.8, 4) is 16.9 Å². The summed E-state index contributed by atoms with van der Waals surface area (Å²) in [7, 11) is 1.58. The SMILES string of the molecule is Cc1cccc(-c2nn(-c3ccc(F)cc3)cc2C(=O)N(C)CC(=O)NC(C)C)c1. The number of rotatable bonds is 6. The average molecular weight is 408 g/mol. The molecule has 3 aromatic rings. The molecule has 0 unspecified atom stereocenters. The van der Waals surface area contributed by atoms with Gasteiger partial charge in [0.2, 0.25) is 5.91 Å². The van der Waals surface area contributed by atoms with Crippen molar-refractivity contribution in [3.05, 3.63) is 71.7 Å². The second-order valence-corrected chi connectivity index (χ2v) is 7.57. The van der Waals surface area contributed by atoms with Gasteiger partial charge in [0, 0.05) is 24.8 Å². The summed E-state index contributed by atoms with van der Waals surface area (Å²) >= 11 is 0. The fourth-order valence-corrected chi connectivity index (χ4v) is 3.12. The van der Waals surface area contributed by atoms with Gasteiger partial charge in [-0.2, -0.15) is 5.10 Å². The van der Waals surface area contributed by atoms with E-state index >= 15 is 0 Å². The molecule has 0 radical (unpaired) electrons. The fourth-order valence-electron chi connectivity index (χ4n) is 3.12. The maximum Gasteiger partial charge on any atom is 0.257 e. The lowest BCUT2D eigenvalue weighted by Gasteiger charge is -2.17. The van der Waals surface area contributed by atoms with Crippen LogP contribution >= 0.6 is 0 Å². The van der Waals surface area contributed by atoms with E-state index in [2.05, 4.69) is 10.4 Å². The zero-order chi connectivity index (χ0) is 21.8. The normalized spacial score (nSPS) is 10.9. The standard InChI is InChI=1S/C23H25FN4O2/c1-15(2)25-21(29)14-27(4)23(30)20-13-28(19-10-8-18(24)9-11-19)26-22(20)17-7-5-6-16(3)12-17/h5-13,15H,14H2,1-4H3,(H,25,29). The third-order valence-electron chi connectivity index (χ3n) is 4.50. The summed E-state index contributed by atoms with van der Waals surface area (Å²) in [5.74, 6) is -0.903. The molecule has 3 rings (SSSR count). The van der Waals surface area contributed by atoms with E-state index in [1.165, 1.54) is 17.0 Å². The summed E-state index contributed by atoms with van der Waals surface area (Å²) in [5, 5.41) is 7.38.